The summed E-state index contributed by atoms with van der Waals surface area (Å²) in [5, 5.41) is 11.1. The molecule has 0 unspecified atom stereocenters. The Morgan fingerprint density at radius 2 is 2.00 bits per heavy atom. The van der Waals surface area contributed by atoms with Gasteiger partial charge in [-0.05, 0) is 20.8 Å². The summed E-state index contributed by atoms with van der Waals surface area (Å²) in [5.74, 6) is -1.04. The van der Waals surface area contributed by atoms with E-state index >= 15 is 0 Å². The first-order chi connectivity index (χ1) is 7.28. The Bertz CT molecular complexity index is 253. The number of urea groups is 1. The van der Waals surface area contributed by atoms with Gasteiger partial charge in [0.05, 0.1) is 5.60 Å². The van der Waals surface area contributed by atoms with Gasteiger partial charge in [-0.25, -0.2) is 4.79 Å². The number of carbonyl (C=O) groups excluding carboxylic acids is 1. The number of nitrogens with zero attached hydrogens (tertiary/aromatic N) is 1. The van der Waals surface area contributed by atoms with Gasteiger partial charge in [0.1, 0.15) is 6.54 Å². The number of hydrogen-bond acceptors (Lipinski definition) is 3. The molecule has 16 heavy (non-hydrogen) atoms. The van der Waals surface area contributed by atoms with Crippen molar-refractivity contribution in [3.8, 4) is 0 Å². The number of amides is 2. The van der Waals surface area contributed by atoms with E-state index < -0.39 is 17.6 Å². The SMILES string of the molecule is CCOC(C)(C)CNC(=O)N(C)CC(=O)O. The van der Waals surface area contributed by atoms with Crippen LogP contribution >= 0.6 is 0 Å². The van der Waals surface area contributed by atoms with Crippen molar-refractivity contribution < 1.29 is 19.4 Å². The number of rotatable bonds is 6. The maximum atomic E-state index is 11.4. The fourth-order valence-electron chi connectivity index (χ4n) is 1.14. The average Bonchev–Trinajstić information content (AvgIpc) is 2.13. The summed E-state index contributed by atoms with van der Waals surface area (Å²) in [5.41, 5.74) is -0.450. The van der Waals surface area contributed by atoms with Crippen LogP contribution in [0.25, 0.3) is 0 Å². The highest BCUT2D eigenvalue weighted by Gasteiger charge is 2.20. The lowest BCUT2D eigenvalue weighted by molar-refractivity contribution is -0.137. The molecule has 2 N–H and O–H groups in total. The van der Waals surface area contributed by atoms with Crippen molar-refractivity contribution in [1.29, 1.82) is 0 Å². The highest BCUT2D eigenvalue weighted by molar-refractivity contribution is 5.79. The first kappa shape index (κ1) is 14.7. The van der Waals surface area contributed by atoms with Crippen molar-refractivity contribution in [2.75, 3.05) is 26.7 Å². The van der Waals surface area contributed by atoms with E-state index in [-0.39, 0.29) is 6.54 Å². The third kappa shape index (κ3) is 6.23. The van der Waals surface area contributed by atoms with Crippen LogP contribution in [0.15, 0.2) is 0 Å². The minimum atomic E-state index is -1.04. The summed E-state index contributed by atoms with van der Waals surface area (Å²) in [6.07, 6.45) is 0. The minimum absolute atomic E-state index is 0.319. The number of carboxylic acid groups (broad SMARTS) is 1. The molecule has 2 amide bonds. The normalized spacial score (nSPS) is 11.0. The first-order valence-electron chi connectivity index (χ1n) is 5.13. The molecule has 0 radical (unpaired) electrons. The second-order valence-corrected chi connectivity index (χ2v) is 4.10. The van der Waals surface area contributed by atoms with Gasteiger partial charge in [-0.3, -0.25) is 4.79 Å². The summed E-state index contributed by atoms with van der Waals surface area (Å²) in [6.45, 7) is 6.17. The molecule has 0 aromatic heterocycles. The van der Waals surface area contributed by atoms with Crippen LogP contribution < -0.4 is 5.32 Å². The van der Waals surface area contributed by atoms with E-state index in [1.165, 1.54) is 7.05 Å². The number of likely N-dealkylation sites (N-methyl/N-ethyl adjacent to an activating group) is 1. The standard InChI is InChI=1S/C10H20N2O4/c1-5-16-10(2,3)7-11-9(15)12(4)6-8(13)14/h5-7H2,1-4H3,(H,11,15)(H,13,14). The Hall–Kier alpha value is -1.30. The van der Waals surface area contributed by atoms with Crippen molar-refractivity contribution >= 4 is 12.0 Å². The number of ether oxygens (including phenoxy) is 1. The Morgan fingerprint density at radius 3 is 2.44 bits per heavy atom. The van der Waals surface area contributed by atoms with Crippen molar-refractivity contribution in [2.45, 2.75) is 26.4 Å². The highest BCUT2D eigenvalue weighted by Crippen LogP contribution is 2.06. The summed E-state index contributed by atoms with van der Waals surface area (Å²) in [4.78, 5) is 22.9. The molecule has 94 valence electrons. The Kier molecular flexibility index (Phi) is 5.81. The van der Waals surface area contributed by atoms with E-state index in [0.717, 1.165) is 4.90 Å². The van der Waals surface area contributed by atoms with Gasteiger partial charge in [-0.15, -0.1) is 0 Å². The highest BCUT2D eigenvalue weighted by atomic mass is 16.5. The fourth-order valence-corrected chi connectivity index (χ4v) is 1.14. The number of aliphatic carboxylic acids is 1. The molecule has 0 rings (SSSR count). The van der Waals surface area contributed by atoms with Gasteiger partial charge in [0, 0.05) is 20.2 Å². The molecule has 0 aliphatic rings. The predicted molar refractivity (Wildman–Crippen MR) is 59.4 cm³/mol. The maximum Gasteiger partial charge on any atom is 0.323 e. The van der Waals surface area contributed by atoms with E-state index in [1.54, 1.807) is 0 Å². The molecule has 0 spiro atoms. The molecule has 0 fully saturated rings. The lowest BCUT2D eigenvalue weighted by Gasteiger charge is -2.26. The third-order valence-corrected chi connectivity index (χ3v) is 1.92. The minimum Gasteiger partial charge on any atom is -0.480 e. The van der Waals surface area contributed by atoms with E-state index in [9.17, 15) is 9.59 Å². The second kappa shape index (κ2) is 6.32. The summed E-state index contributed by atoms with van der Waals surface area (Å²) in [6, 6.07) is -0.421. The van der Waals surface area contributed by atoms with Crippen LogP contribution in [0.4, 0.5) is 4.79 Å². The smallest absolute Gasteiger partial charge is 0.323 e. The molecule has 0 aromatic carbocycles. The average molecular weight is 232 g/mol. The van der Waals surface area contributed by atoms with Crippen molar-refractivity contribution in [1.82, 2.24) is 10.2 Å². The molecule has 0 atom stereocenters. The van der Waals surface area contributed by atoms with E-state index in [1.807, 2.05) is 20.8 Å². The quantitative estimate of drug-likeness (QED) is 0.700. The summed E-state index contributed by atoms with van der Waals surface area (Å²) >= 11 is 0. The van der Waals surface area contributed by atoms with Crippen LogP contribution in [0, 0.1) is 0 Å². The molecule has 0 saturated carbocycles. The maximum absolute atomic E-state index is 11.4. The van der Waals surface area contributed by atoms with E-state index in [4.69, 9.17) is 9.84 Å². The van der Waals surface area contributed by atoms with Gasteiger partial charge in [-0.1, -0.05) is 0 Å². The Morgan fingerprint density at radius 1 is 1.44 bits per heavy atom. The van der Waals surface area contributed by atoms with Gasteiger partial charge < -0.3 is 20.1 Å². The molecule has 6 nitrogen and oxygen atoms in total. The topological polar surface area (TPSA) is 78.9 Å². The van der Waals surface area contributed by atoms with Crippen LogP contribution in [0.1, 0.15) is 20.8 Å². The lowest BCUT2D eigenvalue weighted by Crippen LogP contribution is -2.46. The van der Waals surface area contributed by atoms with E-state index in [2.05, 4.69) is 5.32 Å². The van der Waals surface area contributed by atoms with Gasteiger partial charge in [-0.2, -0.15) is 0 Å². The van der Waals surface area contributed by atoms with Gasteiger partial charge in [0.25, 0.3) is 0 Å². The molecule has 0 bridgehead atoms. The largest absolute Gasteiger partial charge is 0.480 e. The third-order valence-electron chi connectivity index (χ3n) is 1.92. The van der Waals surface area contributed by atoms with Crippen LogP contribution in [-0.2, 0) is 9.53 Å². The van der Waals surface area contributed by atoms with Crippen LogP contribution in [-0.4, -0.2) is 54.4 Å². The fraction of sp³-hybridized carbons (Fsp3) is 0.800. The van der Waals surface area contributed by atoms with Crippen LogP contribution in [0.3, 0.4) is 0 Å². The molecule has 0 aliphatic heterocycles. The predicted octanol–water partition coefficient (Wildman–Crippen LogP) is 0.527. The molecule has 6 heteroatoms. The van der Waals surface area contributed by atoms with Crippen molar-refractivity contribution in [3.63, 3.8) is 0 Å². The molecule has 0 heterocycles. The van der Waals surface area contributed by atoms with Crippen LogP contribution in [0.2, 0.25) is 0 Å². The zero-order valence-corrected chi connectivity index (χ0v) is 10.2. The summed E-state index contributed by atoms with van der Waals surface area (Å²) in [7, 11) is 1.43. The van der Waals surface area contributed by atoms with Crippen molar-refractivity contribution in [2.24, 2.45) is 0 Å². The zero-order valence-electron chi connectivity index (χ0n) is 10.2. The van der Waals surface area contributed by atoms with Gasteiger partial charge >= 0.3 is 12.0 Å². The first-order valence-corrected chi connectivity index (χ1v) is 5.13. The van der Waals surface area contributed by atoms with Gasteiger partial charge in [0.2, 0.25) is 0 Å². The molecule has 0 aromatic rings. The van der Waals surface area contributed by atoms with E-state index in [0.29, 0.717) is 13.2 Å². The Balaban J connectivity index is 4.01. The molecule has 0 aliphatic carbocycles. The Labute approximate surface area is 95.6 Å². The number of carboxylic acids is 1. The lowest BCUT2D eigenvalue weighted by atomic mass is 10.1. The molecular weight excluding hydrogens is 212 g/mol. The van der Waals surface area contributed by atoms with Crippen LogP contribution in [0.5, 0.6) is 0 Å². The molecule has 0 saturated heterocycles. The number of hydrogen-bond donors (Lipinski definition) is 2. The molecular formula is C10H20N2O4. The van der Waals surface area contributed by atoms with Crippen molar-refractivity contribution in [3.05, 3.63) is 0 Å². The second-order valence-electron chi connectivity index (χ2n) is 4.10. The number of carbonyl (C=O) groups is 2. The zero-order chi connectivity index (χ0) is 12.8. The monoisotopic (exact) mass is 232 g/mol. The summed E-state index contributed by atoms with van der Waals surface area (Å²) < 4.78 is 5.39. The number of nitrogens with one attached hydrogen (secondary N) is 1. The van der Waals surface area contributed by atoms with Gasteiger partial charge in [0.15, 0.2) is 0 Å².